The van der Waals surface area contributed by atoms with Gasteiger partial charge in [-0.05, 0) is 12.0 Å². The molecule has 2 atom stereocenters. The number of cyclic esters (lactones) is 1. The molecule has 92 valence electrons. The van der Waals surface area contributed by atoms with Crippen LogP contribution in [0.3, 0.4) is 0 Å². The van der Waals surface area contributed by atoms with Gasteiger partial charge in [-0.25, -0.2) is 4.79 Å². The van der Waals surface area contributed by atoms with Crippen molar-refractivity contribution in [1.82, 2.24) is 4.90 Å². The highest BCUT2D eigenvalue weighted by Gasteiger charge is 2.31. The van der Waals surface area contributed by atoms with E-state index in [0.29, 0.717) is 13.2 Å². The summed E-state index contributed by atoms with van der Waals surface area (Å²) < 4.78 is 4.81. The Morgan fingerprint density at radius 3 is 2.71 bits per heavy atom. The number of aliphatic hydroxyl groups excluding tert-OH is 1. The summed E-state index contributed by atoms with van der Waals surface area (Å²) in [7, 11) is 0. The van der Waals surface area contributed by atoms with E-state index in [2.05, 4.69) is 0 Å². The van der Waals surface area contributed by atoms with Gasteiger partial charge in [-0.1, -0.05) is 37.3 Å². The fraction of sp³-hybridized carbons (Fsp3) is 0.462. The molecule has 1 saturated heterocycles. The Bertz CT molecular complexity index is 380. The van der Waals surface area contributed by atoms with E-state index in [-0.39, 0.29) is 5.92 Å². The Morgan fingerprint density at radius 1 is 1.41 bits per heavy atom. The zero-order valence-electron chi connectivity index (χ0n) is 9.87. The number of amides is 1. The molecular formula is C13H17NO3. The van der Waals surface area contributed by atoms with E-state index < -0.39 is 12.3 Å². The first-order valence-electron chi connectivity index (χ1n) is 5.84. The fourth-order valence-corrected chi connectivity index (χ4v) is 2.04. The zero-order chi connectivity index (χ0) is 12.3. The third-order valence-electron chi connectivity index (χ3n) is 3.02. The Labute approximate surface area is 101 Å². The SMILES string of the molecule is C[C@@H](Cc1ccccc1)C(O)N1CCOC1=O. The predicted octanol–water partition coefficient (Wildman–Crippen LogP) is 1.64. The number of nitrogens with zero attached hydrogens (tertiary/aromatic N) is 1. The highest BCUT2D eigenvalue weighted by Crippen LogP contribution is 2.18. The molecule has 1 N–H and O–H groups in total. The van der Waals surface area contributed by atoms with E-state index in [1.54, 1.807) is 0 Å². The molecule has 0 aliphatic carbocycles. The maximum Gasteiger partial charge on any atom is 0.412 e. The standard InChI is InChI=1S/C13H17NO3/c1-10(9-11-5-3-2-4-6-11)12(15)14-7-8-17-13(14)16/h2-6,10,12,15H,7-9H2,1H3/t10-,12?/m0/s1. The average molecular weight is 235 g/mol. The summed E-state index contributed by atoms with van der Waals surface area (Å²) >= 11 is 0. The number of rotatable bonds is 4. The second-order valence-corrected chi connectivity index (χ2v) is 4.39. The normalized spacial score (nSPS) is 18.9. The molecule has 1 amide bonds. The van der Waals surface area contributed by atoms with Gasteiger partial charge in [-0.3, -0.25) is 4.90 Å². The van der Waals surface area contributed by atoms with Crippen molar-refractivity contribution < 1.29 is 14.6 Å². The van der Waals surface area contributed by atoms with E-state index in [9.17, 15) is 9.90 Å². The number of ether oxygens (including phenoxy) is 1. The number of hydrogen-bond donors (Lipinski definition) is 1. The molecule has 1 heterocycles. The third kappa shape index (κ3) is 2.77. The zero-order valence-corrected chi connectivity index (χ0v) is 9.87. The quantitative estimate of drug-likeness (QED) is 0.863. The number of aliphatic hydroxyl groups is 1. The Balaban J connectivity index is 1.95. The summed E-state index contributed by atoms with van der Waals surface area (Å²) in [5.74, 6) is -0.0111. The second kappa shape index (κ2) is 5.19. The monoisotopic (exact) mass is 235 g/mol. The van der Waals surface area contributed by atoms with Gasteiger partial charge in [0, 0.05) is 5.92 Å². The van der Waals surface area contributed by atoms with Crippen LogP contribution in [0.15, 0.2) is 30.3 Å². The largest absolute Gasteiger partial charge is 0.447 e. The van der Waals surface area contributed by atoms with E-state index >= 15 is 0 Å². The van der Waals surface area contributed by atoms with Crippen LogP contribution in [0, 0.1) is 5.92 Å². The smallest absolute Gasteiger partial charge is 0.412 e. The van der Waals surface area contributed by atoms with Crippen LogP contribution in [0.2, 0.25) is 0 Å². The third-order valence-corrected chi connectivity index (χ3v) is 3.02. The summed E-state index contributed by atoms with van der Waals surface area (Å²) in [6.07, 6.45) is -0.450. The van der Waals surface area contributed by atoms with E-state index in [0.717, 1.165) is 12.0 Å². The number of carbonyl (C=O) groups excluding carboxylic acids is 1. The topological polar surface area (TPSA) is 49.8 Å². The van der Waals surface area contributed by atoms with E-state index in [1.807, 2.05) is 37.3 Å². The molecule has 0 aromatic heterocycles. The number of hydrogen-bond acceptors (Lipinski definition) is 3. The van der Waals surface area contributed by atoms with Crippen LogP contribution < -0.4 is 0 Å². The minimum Gasteiger partial charge on any atom is -0.447 e. The molecule has 1 aliphatic heterocycles. The van der Waals surface area contributed by atoms with Gasteiger partial charge in [0.25, 0.3) is 0 Å². The van der Waals surface area contributed by atoms with Crippen molar-refractivity contribution >= 4 is 6.09 Å². The molecule has 0 radical (unpaired) electrons. The van der Waals surface area contributed by atoms with Gasteiger partial charge in [0.15, 0.2) is 0 Å². The molecule has 4 heteroatoms. The van der Waals surface area contributed by atoms with Crippen molar-refractivity contribution in [2.75, 3.05) is 13.2 Å². The van der Waals surface area contributed by atoms with Crippen molar-refractivity contribution in [3.8, 4) is 0 Å². The molecule has 0 saturated carbocycles. The Kier molecular flexibility index (Phi) is 3.64. The summed E-state index contributed by atoms with van der Waals surface area (Å²) in [5.41, 5.74) is 1.16. The van der Waals surface area contributed by atoms with E-state index in [1.165, 1.54) is 4.90 Å². The van der Waals surface area contributed by atoms with Gasteiger partial charge in [-0.2, -0.15) is 0 Å². The second-order valence-electron chi connectivity index (χ2n) is 4.39. The van der Waals surface area contributed by atoms with Crippen LogP contribution in [0.1, 0.15) is 12.5 Å². The van der Waals surface area contributed by atoms with Crippen molar-refractivity contribution in [3.05, 3.63) is 35.9 Å². The first-order valence-corrected chi connectivity index (χ1v) is 5.84. The van der Waals surface area contributed by atoms with Crippen molar-refractivity contribution in [2.45, 2.75) is 19.6 Å². The Morgan fingerprint density at radius 2 is 2.12 bits per heavy atom. The van der Waals surface area contributed by atoms with Gasteiger partial charge < -0.3 is 9.84 Å². The minimum atomic E-state index is -0.773. The molecule has 4 nitrogen and oxygen atoms in total. The van der Waals surface area contributed by atoms with Crippen LogP contribution >= 0.6 is 0 Å². The summed E-state index contributed by atoms with van der Waals surface area (Å²) in [4.78, 5) is 12.7. The van der Waals surface area contributed by atoms with Gasteiger partial charge >= 0.3 is 6.09 Å². The van der Waals surface area contributed by atoms with Gasteiger partial charge in [-0.15, -0.1) is 0 Å². The Hall–Kier alpha value is -1.55. The highest BCUT2D eigenvalue weighted by molar-refractivity contribution is 5.69. The number of benzene rings is 1. The fourth-order valence-electron chi connectivity index (χ4n) is 2.04. The maximum absolute atomic E-state index is 11.3. The van der Waals surface area contributed by atoms with Crippen molar-refractivity contribution in [2.24, 2.45) is 5.92 Å². The first kappa shape index (κ1) is 11.9. The number of carbonyl (C=O) groups is 1. The molecule has 1 unspecified atom stereocenters. The lowest BCUT2D eigenvalue weighted by Crippen LogP contribution is -2.40. The summed E-state index contributed by atoms with van der Waals surface area (Å²) in [6, 6.07) is 9.94. The first-order chi connectivity index (χ1) is 8.18. The lowest BCUT2D eigenvalue weighted by molar-refractivity contribution is -0.00192. The molecule has 1 aromatic carbocycles. The molecule has 1 fully saturated rings. The van der Waals surface area contributed by atoms with E-state index in [4.69, 9.17) is 4.74 Å². The molecular weight excluding hydrogens is 218 g/mol. The minimum absolute atomic E-state index is 0.0111. The highest BCUT2D eigenvalue weighted by atomic mass is 16.6. The average Bonchev–Trinajstić information content (AvgIpc) is 2.76. The van der Waals surface area contributed by atoms with Crippen LogP contribution in [-0.4, -0.2) is 35.5 Å². The van der Waals surface area contributed by atoms with Gasteiger partial charge in [0.05, 0.1) is 6.54 Å². The maximum atomic E-state index is 11.3. The van der Waals surface area contributed by atoms with Crippen LogP contribution in [0.4, 0.5) is 4.79 Å². The van der Waals surface area contributed by atoms with Crippen molar-refractivity contribution in [3.63, 3.8) is 0 Å². The van der Waals surface area contributed by atoms with Crippen molar-refractivity contribution in [1.29, 1.82) is 0 Å². The molecule has 2 rings (SSSR count). The van der Waals surface area contributed by atoms with Crippen LogP contribution in [0.25, 0.3) is 0 Å². The summed E-state index contributed by atoms with van der Waals surface area (Å²) in [5, 5.41) is 10.1. The molecule has 0 spiro atoms. The van der Waals surface area contributed by atoms with Gasteiger partial charge in [0.1, 0.15) is 12.8 Å². The van der Waals surface area contributed by atoms with Crippen LogP contribution in [0.5, 0.6) is 0 Å². The van der Waals surface area contributed by atoms with Gasteiger partial charge in [0.2, 0.25) is 0 Å². The van der Waals surface area contributed by atoms with Crippen LogP contribution in [-0.2, 0) is 11.2 Å². The lowest BCUT2D eigenvalue weighted by Gasteiger charge is -2.26. The lowest BCUT2D eigenvalue weighted by atomic mass is 9.99. The summed E-state index contributed by atoms with van der Waals surface area (Å²) in [6.45, 7) is 2.77. The molecule has 17 heavy (non-hydrogen) atoms. The molecule has 0 bridgehead atoms. The molecule has 1 aliphatic rings. The predicted molar refractivity (Wildman–Crippen MR) is 63.4 cm³/mol. The molecule has 1 aromatic rings.